The van der Waals surface area contributed by atoms with Gasteiger partial charge in [-0.3, -0.25) is 9.59 Å². The fraction of sp³-hybridized carbons (Fsp3) is 0.750. The lowest BCUT2D eigenvalue weighted by molar-refractivity contribution is -0.143. The van der Waals surface area contributed by atoms with E-state index in [-0.39, 0.29) is 11.7 Å². The van der Waals surface area contributed by atoms with Gasteiger partial charge in [0, 0.05) is 6.42 Å². The van der Waals surface area contributed by atoms with Crippen LogP contribution in [0.5, 0.6) is 0 Å². The van der Waals surface area contributed by atoms with Crippen LogP contribution in [0.2, 0.25) is 0 Å². The van der Waals surface area contributed by atoms with Crippen LogP contribution in [0.4, 0.5) is 0 Å². The Morgan fingerprint density at radius 1 is 1.46 bits per heavy atom. The molecule has 0 atom stereocenters. The van der Waals surface area contributed by atoms with Crippen molar-refractivity contribution in [2.75, 3.05) is 18.1 Å². The summed E-state index contributed by atoms with van der Waals surface area (Å²) < 4.78 is 4.71. The molecule has 0 rings (SSSR count). The van der Waals surface area contributed by atoms with Crippen molar-refractivity contribution in [3.63, 3.8) is 0 Å². The second kappa shape index (κ2) is 7.91. The van der Waals surface area contributed by atoms with Gasteiger partial charge in [-0.1, -0.05) is 0 Å². The molecule has 0 spiro atoms. The van der Waals surface area contributed by atoms with E-state index in [1.165, 1.54) is 11.8 Å². The zero-order valence-corrected chi connectivity index (χ0v) is 8.43. The molecule has 0 heterocycles. The van der Waals surface area contributed by atoms with Crippen molar-refractivity contribution < 1.29 is 19.4 Å². The van der Waals surface area contributed by atoms with Gasteiger partial charge in [-0.2, -0.15) is 11.8 Å². The zero-order valence-electron chi connectivity index (χ0n) is 7.62. The number of carboxylic acids is 1. The normalized spacial score (nSPS) is 9.62. The molecule has 5 heteroatoms. The predicted octanol–water partition coefficient (Wildman–Crippen LogP) is 1.15. The number of ether oxygens (including phenoxy) is 1. The first-order valence-corrected chi connectivity index (χ1v) is 5.27. The summed E-state index contributed by atoms with van der Waals surface area (Å²) in [6.45, 7) is 2.16. The van der Waals surface area contributed by atoms with Gasteiger partial charge in [0.25, 0.3) is 0 Å². The van der Waals surface area contributed by atoms with Gasteiger partial charge < -0.3 is 9.84 Å². The summed E-state index contributed by atoms with van der Waals surface area (Å²) >= 11 is 1.31. The smallest absolute Gasteiger partial charge is 0.313 e. The van der Waals surface area contributed by atoms with Crippen LogP contribution in [0, 0.1) is 0 Å². The molecule has 0 amide bonds. The molecule has 0 saturated heterocycles. The summed E-state index contributed by atoms with van der Waals surface area (Å²) in [5, 5.41) is 8.29. The molecule has 76 valence electrons. The number of hydrogen-bond acceptors (Lipinski definition) is 4. The number of esters is 1. The average Bonchev–Trinajstić information content (AvgIpc) is 2.03. The van der Waals surface area contributed by atoms with Crippen molar-refractivity contribution >= 4 is 23.7 Å². The molecule has 0 fully saturated rings. The Balaban J connectivity index is 3.16. The van der Waals surface area contributed by atoms with Gasteiger partial charge in [-0.25, -0.2) is 0 Å². The highest BCUT2D eigenvalue weighted by atomic mass is 32.2. The van der Waals surface area contributed by atoms with Crippen molar-refractivity contribution in [2.24, 2.45) is 0 Å². The predicted molar refractivity (Wildman–Crippen MR) is 50.8 cm³/mol. The molecule has 13 heavy (non-hydrogen) atoms. The quantitative estimate of drug-likeness (QED) is 0.500. The Hall–Kier alpha value is -0.710. The van der Waals surface area contributed by atoms with Crippen LogP contribution in [0.15, 0.2) is 0 Å². The van der Waals surface area contributed by atoms with Crippen LogP contribution in [0.1, 0.15) is 19.8 Å². The highest BCUT2D eigenvalue weighted by molar-refractivity contribution is 7.99. The molecule has 0 saturated carbocycles. The van der Waals surface area contributed by atoms with E-state index < -0.39 is 5.97 Å². The van der Waals surface area contributed by atoms with E-state index in [9.17, 15) is 9.59 Å². The summed E-state index contributed by atoms with van der Waals surface area (Å²) in [7, 11) is 0. The van der Waals surface area contributed by atoms with Crippen LogP contribution in [0.3, 0.4) is 0 Å². The van der Waals surface area contributed by atoms with Crippen molar-refractivity contribution in [3.8, 4) is 0 Å². The van der Waals surface area contributed by atoms with Gasteiger partial charge in [0.1, 0.15) is 0 Å². The molecule has 0 aromatic rings. The van der Waals surface area contributed by atoms with Gasteiger partial charge in [0.05, 0.1) is 12.4 Å². The van der Waals surface area contributed by atoms with Crippen LogP contribution in [-0.2, 0) is 14.3 Å². The Labute approximate surface area is 81.6 Å². The standard InChI is InChI=1S/C8H14O4S/c1-2-12-8(11)4-3-5-13-6-7(9)10/h2-6H2,1H3,(H,9,10). The van der Waals surface area contributed by atoms with Gasteiger partial charge in [-0.15, -0.1) is 0 Å². The Morgan fingerprint density at radius 3 is 2.69 bits per heavy atom. The number of carbonyl (C=O) groups excluding carboxylic acids is 1. The number of carbonyl (C=O) groups is 2. The highest BCUT2D eigenvalue weighted by Crippen LogP contribution is 2.04. The second-order valence-electron chi connectivity index (χ2n) is 2.35. The van der Waals surface area contributed by atoms with Crippen molar-refractivity contribution in [1.82, 2.24) is 0 Å². The summed E-state index contributed by atoms with van der Waals surface area (Å²) in [5.74, 6) is -0.243. The molecule has 0 bridgehead atoms. The fourth-order valence-electron chi connectivity index (χ4n) is 0.711. The van der Waals surface area contributed by atoms with Crippen molar-refractivity contribution in [1.29, 1.82) is 0 Å². The minimum atomic E-state index is -0.818. The van der Waals surface area contributed by atoms with E-state index in [4.69, 9.17) is 9.84 Å². The van der Waals surface area contributed by atoms with Crippen LogP contribution in [-0.4, -0.2) is 35.2 Å². The van der Waals surface area contributed by atoms with Gasteiger partial charge in [-0.05, 0) is 19.1 Å². The van der Waals surface area contributed by atoms with Gasteiger partial charge >= 0.3 is 11.9 Å². The Morgan fingerprint density at radius 2 is 2.15 bits per heavy atom. The Kier molecular flexibility index (Phi) is 7.48. The molecular formula is C8H14O4S. The van der Waals surface area contributed by atoms with Crippen LogP contribution in [0.25, 0.3) is 0 Å². The van der Waals surface area contributed by atoms with E-state index >= 15 is 0 Å². The van der Waals surface area contributed by atoms with E-state index in [0.717, 1.165) is 0 Å². The van der Waals surface area contributed by atoms with Crippen LogP contribution < -0.4 is 0 Å². The molecule has 0 aliphatic carbocycles. The van der Waals surface area contributed by atoms with E-state index in [2.05, 4.69) is 0 Å². The molecule has 1 N–H and O–H groups in total. The first kappa shape index (κ1) is 12.3. The number of carboxylic acid groups (broad SMARTS) is 1. The first-order chi connectivity index (χ1) is 6.16. The van der Waals surface area contributed by atoms with E-state index in [1.54, 1.807) is 6.92 Å². The summed E-state index contributed by atoms with van der Waals surface area (Å²) in [5.41, 5.74) is 0. The molecule has 0 radical (unpaired) electrons. The van der Waals surface area contributed by atoms with E-state index in [1.807, 2.05) is 0 Å². The molecule has 0 aliphatic heterocycles. The lowest BCUT2D eigenvalue weighted by atomic mass is 10.3. The maximum absolute atomic E-state index is 10.8. The summed E-state index contributed by atoms with van der Waals surface area (Å²) in [6, 6.07) is 0. The second-order valence-corrected chi connectivity index (χ2v) is 3.46. The summed E-state index contributed by atoms with van der Waals surface area (Å²) in [4.78, 5) is 20.9. The third kappa shape index (κ3) is 9.20. The topological polar surface area (TPSA) is 63.6 Å². The monoisotopic (exact) mass is 206 g/mol. The fourth-order valence-corrected chi connectivity index (χ4v) is 1.38. The van der Waals surface area contributed by atoms with Gasteiger partial charge in [0.2, 0.25) is 0 Å². The van der Waals surface area contributed by atoms with Crippen LogP contribution >= 0.6 is 11.8 Å². The highest BCUT2D eigenvalue weighted by Gasteiger charge is 2.01. The number of rotatable bonds is 7. The van der Waals surface area contributed by atoms with Crippen molar-refractivity contribution in [2.45, 2.75) is 19.8 Å². The minimum absolute atomic E-state index is 0.100. The lowest BCUT2D eigenvalue weighted by Crippen LogP contribution is -2.04. The SMILES string of the molecule is CCOC(=O)CCCSCC(=O)O. The Bertz CT molecular complexity index is 170. The number of thioether (sulfide) groups is 1. The molecule has 0 aromatic heterocycles. The number of hydrogen-bond donors (Lipinski definition) is 1. The average molecular weight is 206 g/mol. The van der Waals surface area contributed by atoms with E-state index in [0.29, 0.717) is 25.2 Å². The third-order valence-electron chi connectivity index (χ3n) is 1.20. The number of aliphatic carboxylic acids is 1. The molecule has 0 unspecified atom stereocenters. The summed E-state index contributed by atoms with van der Waals surface area (Å²) in [6.07, 6.45) is 1.05. The largest absolute Gasteiger partial charge is 0.481 e. The zero-order chi connectivity index (χ0) is 10.1. The van der Waals surface area contributed by atoms with Crippen molar-refractivity contribution in [3.05, 3.63) is 0 Å². The maximum atomic E-state index is 10.8. The molecule has 0 aliphatic rings. The molecule has 0 aromatic carbocycles. The molecular weight excluding hydrogens is 192 g/mol. The van der Waals surface area contributed by atoms with Gasteiger partial charge in [0.15, 0.2) is 0 Å². The first-order valence-electron chi connectivity index (χ1n) is 4.12. The maximum Gasteiger partial charge on any atom is 0.313 e. The molecule has 4 nitrogen and oxygen atoms in total. The minimum Gasteiger partial charge on any atom is -0.481 e. The third-order valence-corrected chi connectivity index (χ3v) is 2.23. The lowest BCUT2D eigenvalue weighted by Gasteiger charge is -2.00.